The van der Waals surface area contributed by atoms with Crippen molar-refractivity contribution >= 4 is 23.4 Å². The Kier molecular flexibility index (Phi) is 7.77. The zero-order valence-electron chi connectivity index (χ0n) is 18.0. The zero-order chi connectivity index (χ0) is 23.1. The van der Waals surface area contributed by atoms with Gasteiger partial charge >= 0.3 is 0 Å². The molecule has 0 bridgehead atoms. The van der Waals surface area contributed by atoms with Gasteiger partial charge in [0.1, 0.15) is 0 Å². The van der Waals surface area contributed by atoms with E-state index in [2.05, 4.69) is 22.1 Å². The number of nitro groups is 1. The number of aromatic nitrogens is 3. The predicted octanol–water partition coefficient (Wildman–Crippen LogP) is 4.79. The van der Waals surface area contributed by atoms with Gasteiger partial charge in [0.15, 0.2) is 11.0 Å². The van der Waals surface area contributed by atoms with E-state index in [1.165, 1.54) is 23.9 Å². The van der Waals surface area contributed by atoms with Gasteiger partial charge in [-0.25, -0.2) is 0 Å². The highest BCUT2D eigenvalue weighted by Crippen LogP contribution is 2.28. The van der Waals surface area contributed by atoms with E-state index in [1.54, 1.807) is 30.3 Å². The molecular formula is C23H25N5O3S. The topological polar surface area (TPSA) is 103 Å². The molecule has 0 unspecified atom stereocenters. The summed E-state index contributed by atoms with van der Waals surface area (Å²) in [6.45, 7) is 8.37. The Morgan fingerprint density at radius 2 is 1.88 bits per heavy atom. The number of amides is 1. The van der Waals surface area contributed by atoms with Gasteiger partial charge in [0.25, 0.3) is 11.6 Å². The van der Waals surface area contributed by atoms with Crippen LogP contribution < -0.4 is 5.32 Å². The SMILES string of the molecule is C=CCn1c(SCc2ccc([N+](=O)[O-])cc2)nnc1[C@@H](NC(=O)c1ccccc1)C(C)C. The number of nitrogens with one attached hydrogen (secondary N) is 1. The summed E-state index contributed by atoms with van der Waals surface area (Å²) in [5, 5.41) is 23.4. The highest BCUT2D eigenvalue weighted by molar-refractivity contribution is 7.98. The van der Waals surface area contributed by atoms with E-state index < -0.39 is 4.92 Å². The first-order valence-corrected chi connectivity index (χ1v) is 11.1. The van der Waals surface area contributed by atoms with Gasteiger partial charge in [-0.05, 0) is 23.6 Å². The van der Waals surface area contributed by atoms with Crippen LogP contribution in [-0.2, 0) is 12.3 Å². The van der Waals surface area contributed by atoms with Crippen molar-refractivity contribution in [1.29, 1.82) is 0 Å². The van der Waals surface area contributed by atoms with Crippen molar-refractivity contribution in [3.8, 4) is 0 Å². The molecule has 0 aliphatic carbocycles. The molecule has 0 radical (unpaired) electrons. The van der Waals surface area contributed by atoms with Crippen LogP contribution in [0.4, 0.5) is 5.69 Å². The number of hydrogen-bond donors (Lipinski definition) is 1. The van der Waals surface area contributed by atoms with Gasteiger partial charge < -0.3 is 9.88 Å². The summed E-state index contributed by atoms with van der Waals surface area (Å²) in [6, 6.07) is 15.2. The Morgan fingerprint density at radius 3 is 2.47 bits per heavy atom. The van der Waals surface area contributed by atoms with Crippen LogP contribution in [0.2, 0.25) is 0 Å². The van der Waals surface area contributed by atoms with Crippen molar-refractivity contribution in [1.82, 2.24) is 20.1 Å². The average Bonchev–Trinajstić information content (AvgIpc) is 3.19. The third-order valence-corrected chi connectivity index (χ3v) is 5.88. The molecule has 3 aromatic rings. The lowest BCUT2D eigenvalue weighted by Gasteiger charge is -2.22. The van der Waals surface area contributed by atoms with E-state index in [9.17, 15) is 14.9 Å². The number of rotatable bonds is 10. The summed E-state index contributed by atoms with van der Waals surface area (Å²) in [7, 11) is 0. The third kappa shape index (κ3) is 5.61. The number of nitro benzene ring substituents is 1. The van der Waals surface area contributed by atoms with Crippen LogP contribution in [0.5, 0.6) is 0 Å². The lowest BCUT2D eigenvalue weighted by atomic mass is 10.0. The lowest BCUT2D eigenvalue weighted by molar-refractivity contribution is -0.384. The largest absolute Gasteiger partial charge is 0.342 e. The number of carbonyl (C=O) groups is 1. The second-order valence-electron chi connectivity index (χ2n) is 7.51. The fourth-order valence-electron chi connectivity index (χ4n) is 3.14. The van der Waals surface area contributed by atoms with Crippen molar-refractivity contribution in [3.05, 3.63) is 94.3 Å². The Balaban J connectivity index is 1.80. The summed E-state index contributed by atoms with van der Waals surface area (Å²) in [4.78, 5) is 23.2. The summed E-state index contributed by atoms with van der Waals surface area (Å²) in [5.41, 5.74) is 1.58. The minimum atomic E-state index is -0.417. The fraction of sp³-hybridized carbons (Fsp3) is 0.261. The van der Waals surface area contributed by atoms with Crippen LogP contribution >= 0.6 is 11.8 Å². The standard InChI is InChI=1S/C23H25N5O3S/c1-4-14-27-21(20(16(2)3)24-22(29)18-8-6-5-7-9-18)25-26-23(27)32-15-17-10-12-19(13-11-17)28(30)31/h4-13,16,20H,1,14-15H2,2-3H3,(H,24,29)/t20-/m0/s1. The lowest BCUT2D eigenvalue weighted by Crippen LogP contribution is -2.33. The van der Waals surface area contributed by atoms with Crippen LogP contribution in [0.15, 0.2) is 72.4 Å². The number of hydrogen-bond acceptors (Lipinski definition) is 6. The number of allylic oxidation sites excluding steroid dienone is 1. The Morgan fingerprint density at radius 1 is 1.19 bits per heavy atom. The molecule has 1 N–H and O–H groups in total. The maximum absolute atomic E-state index is 12.8. The van der Waals surface area contributed by atoms with Gasteiger partial charge in [0.05, 0.1) is 11.0 Å². The van der Waals surface area contributed by atoms with Crippen molar-refractivity contribution in [2.24, 2.45) is 5.92 Å². The van der Waals surface area contributed by atoms with Crippen LogP contribution in [0.1, 0.15) is 41.6 Å². The van der Waals surface area contributed by atoms with Gasteiger partial charge in [-0.15, -0.1) is 16.8 Å². The highest BCUT2D eigenvalue weighted by atomic mass is 32.2. The molecule has 2 aromatic carbocycles. The first-order valence-electron chi connectivity index (χ1n) is 10.2. The third-order valence-electron chi connectivity index (χ3n) is 4.84. The number of benzene rings is 2. The van der Waals surface area contributed by atoms with Gasteiger partial charge in [-0.1, -0.05) is 62.0 Å². The highest BCUT2D eigenvalue weighted by Gasteiger charge is 2.26. The van der Waals surface area contributed by atoms with Crippen LogP contribution in [-0.4, -0.2) is 25.6 Å². The summed E-state index contributed by atoms with van der Waals surface area (Å²) in [5.74, 6) is 1.16. The molecule has 166 valence electrons. The van der Waals surface area contributed by atoms with E-state index in [1.807, 2.05) is 36.6 Å². The molecule has 0 fully saturated rings. The first-order chi connectivity index (χ1) is 15.4. The average molecular weight is 452 g/mol. The molecule has 0 aliphatic heterocycles. The Bertz CT molecular complexity index is 1080. The summed E-state index contributed by atoms with van der Waals surface area (Å²) >= 11 is 1.48. The second-order valence-corrected chi connectivity index (χ2v) is 8.46. The predicted molar refractivity (Wildman–Crippen MR) is 124 cm³/mol. The first kappa shape index (κ1) is 23.2. The number of carbonyl (C=O) groups excluding carboxylic acids is 1. The Hall–Kier alpha value is -3.46. The van der Waals surface area contributed by atoms with Gasteiger partial charge in [-0.2, -0.15) is 0 Å². The monoisotopic (exact) mass is 451 g/mol. The minimum Gasteiger partial charge on any atom is -0.342 e. The van der Waals surface area contributed by atoms with E-state index in [4.69, 9.17) is 0 Å². The molecule has 9 heteroatoms. The maximum atomic E-state index is 12.8. The van der Waals surface area contributed by atoms with Crippen molar-refractivity contribution in [2.45, 2.75) is 37.3 Å². The minimum absolute atomic E-state index is 0.0600. The molecule has 3 rings (SSSR count). The van der Waals surface area contributed by atoms with Gasteiger partial charge in [0, 0.05) is 30.0 Å². The normalized spacial score (nSPS) is 11.8. The zero-order valence-corrected chi connectivity index (χ0v) is 18.8. The van der Waals surface area contributed by atoms with E-state index in [0.717, 1.165) is 5.56 Å². The van der Waals surface area contributed by atoms with Crippen molar-refractivity contribution < 1.29 is 9.72 Å². The number of nitrogens with zero attached hydrogens (tertiary/aromatic N) is 4. The maximum Gasteiger partial charge on any atom is 0.269 e. The van der Waals surface area contributed by atoms with E-state index in [0.29, 0.717) is 28.8 Å². The fourth-order valence-corrected chi connectivity index (χ4v) is 4.05. The molecule has 32 heavy (non-hydrogen) atoms. The van der Waals surface area contributed by atoms with Crippen LogP contribution in [0, 0.1) is 16.0 Å². The van der Waals surface area contributed by atoms with Gasteiger partial charge in [0.2, 0.25) is 0 Å². The Labute approximate surface area is 190 Å². The molecule has 1 aromatic heterocycles. The molecule has 0 saturated carbocycles. The summed E-state index contributed by atoms with van der Waals surface area (Å²) < 4.78 is 1.94. The molecular weight excluding hydrogens is 426 g/mol. The van der Waals surface area contributed by atoms with Crippen LogP contribution in [0.25, 0.3) is 0 Å². The quantitative estimate of drug-likeness (QED) is 0.206. The van der Waals surface area contributed by atoms with Gasteiger partial charge in [-0.3, -0.25) is 14.9 Å². The smallest absolute Gasteiger partial charge is 0.269 e. The second kappa shape index (κ2) is 10.7. The summed E-state index contributed by atoms with van der Waals surface area (Å²) in [6.07, 6.45) is 1.76. The van der Waals surface area contributed by atoms with E-state index in [-0.39, 0.29) is 23.6 Å². The molecule has 1 atom stereocenters. The molecule has 1 heterocycles. The van der Waals surface area contributed by atoms with Crippen molar-refractivity contribution in [3.63, 3.8) is 0 Å². The number of thioether (sulfide) groups is 1. The molecule has 0 aliphatic rings. The molecule has 0 saturated heterocycles. The van der Waals surface area contributed by atoms with E-state index >= 15 is 0 Å². The van der Waals surface area contributed by atoms with Crippen molar-refractivity contribution in [2.75, 3.05) is 0 Å². The molecule has 1 amide bonds. The number of non-ortho nitro benzene ring substituents is 1. The van der Waals surface area contributed by atoms with Crippen LogP contribution in [0.3, 0.4) is 0 Å². The molecule has 0 spiro atoms. The molecule has 8 nitrogen and oxygen atoms in total.